The SMILES string of the molecule is CCc1ccc(C(=O)NC2(CO)CCC2)cc1. The van der Waals surface area contributed by atoms with Crippen LogP contribution in [-0.4, -0.2) is 23.2 Å². The van der Waals surface area contributed by atoms with Crippen molar-refractivity contribution >= 4 is 5.91 Å². The highest BCUT2D eigenvalue weighted by molar-refractivity contribution is 5.94. The average molecular weight is 233 g/mol. The van der Waals surface area contributed by atoms with Crippen LogP contribution in [0.15, 0.2) is 24.3 Å². The number of aliphatic hydroxyl groups is 1. The summed E-state index contributed by atoms with van der Waals surface area (Å²) in [4.78, 5) is 12.0. The first-order valence-electron chi connectivity index (χ1n) is 6.21. The standard InChI is InChI=1S/C14H19NO2/c1-2-11-4-6-12(7-5-11)13(17)15-14(10-16)8-3-9-14/h4-7,16H,2-3,8-10H2,1H3,(H,15,17). The second kappa shape index (κ2) is 4.88. The zero-order valence-electron chi connectivity index (χ0n) is 10.2. The van der Waals surface area contributed by atoms with Gasteiger partial charge in [0.1, 0.15) is 0 Å². The molecule has 1 aromatic carbocycles. The molecular formula is C14H19NO2. The number of benzene rings is 1. The first-order chi connectivity index (χ1) is 8.19. The minimum Gasteiger partial charge on any atom is -0.394 e. The van der Waals surface area contributed by atoms with Gasteiger partial charge < -0.3 is 10.4 Å². The Kier molecular flexibility index (Phi) is 3.48. The van der Waals surface area contributed by atoms with Gasteiger partial charge in [-0.25, -0.2) is 0 Å². The van der Waals surface area contributed by atoms with E-state index in [4.69, 9.17) is 0 Å². The van der Waals surface area contributed by atoms with Crippen LogP contribution in [0.25, 0.3) is 0 Å². The van der Waals surface area contributed by atoms with E-state index in [0.717, 1.165) is 25.7 Å². The average Bonchev–Trinajstić information content (AvgIpc) is 2.33. The van der Waals surface area contributed by atoms with Crippen molar-refractivity contribution in [2.24, 2.45) is 0 Å². The number of amides is 1. The zero-order valence-corrected chi connectivity index (χ0v) is 10.2. The van der Waals surface area contributed by atoms with Gasteiger partial charge in [-0.1, -0.05) is 19.1 Å². The lowest BCUT2D eigenvalue weighted by Gasteiger charge is -2.40. The fourth-order valence-electron chi connectivity index (χ4n) is 2.13. The van der Waals surface area contributed by atoms with Gasteiger partial charge in [0.25, 0.3) is 5.91 Å². The molecule has 0 radical (unpaired) electrons. The van der Waals surface area contributed by atoms with E-state index in [-0.39, 0.29) is 18.1 Å². The molecule has 17 heavy (non-hydrogen) atoms. The van der Waals surface area contributed by atoms with Gasteiger partial charge in [-0.2, -0.15) is 0 Å². The molecule has 0 saturated heterocycles. The van der Waals surface area contributed by atoms with Gasteiger partial charge in [0.15, 0.2) is 0 Å². The predicted octanol–water partition coefficient (Wildman–Crippen LogP) is 1.89. The second-order valence-electron chi connectivity index (χ2n) is 4.80. The fourth-order valence-corrected chi connectivity index (χ4v) is 2.13. The van der Waals surface area contributed by atoms with Crippen molar-refractivity contribution in [2.45, 2.75) is 38.1 Å². The third kappa shape index (κ3) is 2.50. The molecule has 2 N–H and O–H groups in total. The lowest BCUT2D eigenvalue weighted by atomic mass is 9.77. The Morgan fingerprint density at radius 3 is 2.41 bits per heavy atom. The maximum atomic E-state index is 12.0. The van der Waals surface area contributed by atoms with Gasteiger partial charge in [0.2, 0.25) is 0 Å². The lowest BCUT2D eigenvalue weighted by molar-refractivity contribution is 0.0641. The molecule has 0 atom stereocenters. The third-order valence-electron chi connectivity index (χ3n) is 3.62. The molecular weight excluding hydrogens is 214 g/mol. The van der Waals surface area contributed by atoms with E-state index in [1.165, 1.54) is 5.56 Å². The number of carbonyl (C=O) groups excluding carboxylic acids is 1. The first-order valence-corrected chi connectivity index (χ1v) is 6.21. The largest absolute Gasteiger partial charge is 0.394 e. The smallest absolute Gasteiger partial charge is 0.251 e. The molecule has 3 heteroatoms. The van der Waals surface area contributed by atoms with Crippen LogP contribution in [0.2, 0.25) is 0 Å². The summed E-state index contributed by atoms with van der Waals surface area (Å²) in [5.41, 5.74) is 1.53. The Balaban J connectivity index is 2.03. The lowest BCUT2D eigenvalue weighted by Crippen LogP contribution is -2.56. The van der Waals surface area contributed by atoms with Crippen LogP contribution in [0, 0.1) is 0 Å². The molecule has 1 aromatic rings. The molecule has 2 rings (SSSR count). The van der Waals surface area contributed by atoms with Gasteiger partial charge >= 0.3 is 0 Å². The first kappa shape index (κ1) is 12.1. The Hall–Kier alpha value is -1.35. The van der Waals surface area contributed by atoms with Gasteiger partial charge in [-0.3, -0.25) is 4.79 Å². The van der Waals surface area contributed by atoms with E-state index in [1.54, 1.807) is 0 Å². The second-order valence-corrected chi connectivity index (χ2v) is 4.80. The zero-order chi connectivity index (χ0) is 12.3. The van der Waals surface area contributed by atoms with E-state index < -0.39 is 0 Å². The van der Waals surface area contributed by atoms with E-state index in [1.807, 2.05) is 24.3 Å². The summed E-state index contributed by atoms with van der Waals surface area (Å²) < 4.78 is 0. The summed E-state index contributed by atoms with van der Waals surface area (Å²) >= 11 is 0. The topological polar surface area (TPSA) is 49.3 Å². The number of carbonyl (C=O) groups is 1. The molecule has 0 unspecified atom stereocenters. The number of hydrogen-bond donors (Lipinski definition) is 2. The monoisotopic (exact) mass is 233 g/mol. The highest BCUT2D eigenvalue weighted by atomic mass is 16.3. The van der Waals surface area contributed by atoms with Crippen LogP contribution in [0.4, 0.5) is 0 Å². The highest BCUT2D eigenvalue weighted by Gasteiger charge is 2.37. The van der Waals surface area contributed by atoms with E-state index >= 15 is 0 Å². The molecule has 1 fully saturated rings. The van der Waals surface area contributed by atoms with Crippen molar-refractivity contribution < 1.29 is 9.90 Å². The Morgan fingerprint density at radius 1 is 1.35 bits per heavy atom. The number of aryl methyl sites for hydroxylation is 1. The Labute approximate surface area is 102 Å². The summed E-state index contributed by atoms with van der Waals surface area (Å²) in [6, 6.07) is 7.64. The minimum atomic E-state index is -0.361. The molecule has 1 amide bonds. The maximum absolute atomic E-state index is 12.0. The fraction of sp³-hybridized carbons (Fsp3) is 0.500. The highest BCUT2D eigenvalue weighted by Crippen LogP contribution is 2.31. The predicted molar refractivity (Wildman–Crippen MR) is 67.0 cm³/mol. The maximum Gasteiger partial charge on any atom is 0.251 e. The number of aliphatic hydroxyl groups excluding tert-OH is 1. The van der Waals surface area contributed by atoms with Crippen molar-refractivity contribution in [1.29, 1.82) is 0 Å². The van der Waals surface area contributed by atoms with Crippen LogP contribution in [-0.2, 0) is 6.42 Å². The van der Waals surface area contributed by atoms with Crippen molar-refractivity contribution in [3.05, 3.63) is 35.4 Å². The molecule has 0 heterocycles. The molecule has 0 aromatic heterocycles. The van der Waals surface area contributed by atoms with E-state index in [9.17, 15) is 9.90 Å². The van der Waals surface area contributed by atoms with Crippen molar-refractivity contribution in [3.63, 3.8) is 0 Å². The molecule has 1 aliphatic rings. The normalized spacial score (nSPS) is 17.3. The van der Waals surface area contributed by atoms with Gasteiger partial charge in [0.05, 0.1) is 12.1 Å². The van der Waals surface area contributed by atoms with Crippen LogP contribution in [0.5, 0.6) is 0 Å². The molecule has 1 saturated carbocycles. The summed E-state index contributed by atoms with van der Waals surface area (Å²) in [6.07, 6.45) is 3.81. The molecule has 1 aliphatic carbocycles. The van der Waals surface area contributed by atoms with Gasteiger partial charge in [-0.05, 0) is 43.4 Å². The van der Waals surface area contributed by atoms with Gasteiger partial charge in [0, 0.05) is 5.56 Å². The van der Waals surface area contributed by atoms with Crippen LogP contribution >= 0.6 is 0 Å². The molecule has 0 bridgehead atoms. The molecule has 0 spiro atoms. The summed E-state index contributed by atoms with van der Waals surface area (Å²) in [5, 5.41) is 12.2. The summed E-state index contributed by atoms with van der Waals surface area (Å²) in [6.45, 7) is 2.12. The van der Waals surface area contributed by atoms with Crippen molar-refractivity contribution in [1.82, 2.24) is 5.32 Å². The Bertz CT molecular complexity index is 388. The molecule has 92 valence electrons. The van der Waals surface area contributed by atoms with Crippen molar-refractivity contribution in [2.75, 3.05) is 6.61 Å². The van der Waals surface area contributed by atoms with Gasteiger partial charge in [-0.15, -0.1) is 0 Å². The van der Waals surface area contributed by atoms with Crippen molar-refractivity contribution in [3.8, 4) is 0 Å². The van der Waals surface area contributed by atoms with Crippen LogP contribution in [0.3, 0.4) is 0 Å². The quantitative estimate of drug-likeness (QED) is 0.834. The molecule has 0 aliphatic heterocycles. The summed E-state index contributed by atoms with van der Waals surface area (Å²) in [5.74, 6) is -0.0820. The van der Waals surface area contributed by atoms with Crippen LogP contribution < -0.4 is 5.32 Å². The third-order valence-corrected chi connectivity index (χ3v) is 3.62. The number of rotatable bonds is 4. The number of nitrogens with one attached hydrogen (secondary N) is 1. The minimum absolute atomic E-state index is 0.0335. The van der Waals surface area contributed by atoms with Crippen LogP contribution in [0.1, 0.15) is 42.1 Å². The molecule has 3 nitrogen and oxygen atoms in total. The Morgan fingerprint density at radius 2 is 2.00 bits per heavy atom. The van der Waals surface area contributed by atoms with E-state index in [2.05, 4.69) is 12.2 Å². The number of hydrogen-bond acceptors (Lipinski definition) is 2. The summed E-state index contributed by atoms with van der Waals surface area (Å²) in [7, 11) is 0. The van der Waals surface area contributed by atoms with E-state index in [0.29, 0.717) is 5.56 Å².